The largest absolute Gasteiger partial charge is 0.506 e. The van der Waals surface area contributed by atoms with Crippen LogP contribution in [-0.2, 0) is 11.3 Å². The molecule has 0 aromatic carbocycles. The molecule has 1 aliphatic heterocycles. The van der Waals surface area contributed by atoms with Gasteiger partial charge in [-0.2, -0.15) is 0 Å². The first-order chi connectivity index (χ1) is 9.13. The minimum Gasteiger partial charge on any atom is -0.506 e. The first kappa shape index (κ1) is 17.2. The molecule has 0 bridgehead atoms. The minimum atomic E-state index is 0. The number of rotatable bonds is 4. The number of halogens is 1. The summed E-state index contributed by atoms with van der Waals surface area (Å²) in [5, 5.41) is 9.88. The van der Waals surface area contributed by atoms with Crippen LogP contribution >= 0.6 is 12.4 Å². The Balaban J connectivity index is 0.00000200. The van der Waals surface area contributed by atoms with Crippen molar-refractivity contribution in [3.63, 3.8) is 0 Å². The van der Waals surface area contributed by atoms with Gasteiger partial charge >= 0.3 is 0 Å². The maximum Gasteiger partial charge on any atom is 0.138 e. The lowest BCUT2D eigenvalue weighted by Crippen LogP contribution is -2.48. The highest BCUT2D eigenvalue weighted by Gasteiger charge is 2.28. The predicted molar refractivity (Wildman–Crippen MR) is 81.2 cm³/mol. The molecule has 2 unspecified atom stereocenters. The Morgan fingerprint density at radius 1 is 1.50 bits per heavy atom. The summed E-state index contributed by atoms with van der Waals surface area (Å²) in [5.74, 6) is 0.259. The molecular formula is C14H24ClN3O2. The molecular weight excluding hydrogens is 278 g/mol. The number of aryl methyl sites for hydroxylation is 1. The second kappa shape index (κ2) is 7.78. The molecule has 3 N–H and O–H groups in total. The molecule has 1 fully saturated rings. The Kier molecular flexibility index (Phi) is 6.68. The number of methoxy groups -OCH3 is 1. The van der Waals surface area contributed by atoms with E-state index in [4.69, 9.17) is 10.5 Å². The van der Waals surface area contributed by atoms with Gasteiger partial charge in [-0.05, 0) is 31.9 Å². The molecule has 1 aromatic rings. The van der Waals surface area contributed by atoms with Gasteiger partial charge < -0.3 is 15.6 Å². The van der Waals surface area contributed by atoms with Crippen molar-refractivity contribution in [1.29, 1.82) is 0 Å². The SMILES string of the molecule is COC1CCN(Cc2nc(C)ccc2O)C(CN)C1.Cl. The third-order valence-electron chi connectivity index (χ3n) is 3.84. The second-order valence-electron chi connectivity index (χ2n) is 5.16. The average molecular weight is 302 g/mol. The minimum absolute atomic E-state index is 0. The fraction of sp³-hybridized carbons (Fsp3) is 0.643. The van der Waals surface area contributed by atoms with Gasteiger partial charge in [0, 0.05) is 38.5 Å². The number of aromatic hydroxyl groups is 1. The normalized spacial score (nSPS) is 23.4. The third-order valence-corrected chi connectivity index (χ3v) is 3.84. The topological polar surface area (TPSA) is 71.6 Å². The van der Waals surface area contributed by atoms with Crippen LogP contribution in [0.1, 0.15) is 24.2 Å². The molecule has 0 aliphatic carbocycles. The Morgan fingerprint density at radius 2 is 2.25 bits per heavy atom. The van der Waals surface area contributed by atoms with Gasteiger partial charge in [-0.1, -0.05) is 0 Å². The van der Waals surface area contributed by atoms with Crippen LogP contribution in [0.4, 0.5) is 0 Å². The molecule has 0 saturated carbocycles. The van der Waals surface area contributed by atoms with E-state index in [1.165, 1.54) is 0 Å². The summed E-state index contributed by atoms with van der Waals surface area (Å²) in [6, 6.07) is 3.81. The van der Waals surface area contributed by atoms with Crippen molar-refractivity contribution in [2.45, 2.75) is 38.5 Å². The summed E-state index contributed by atoms with van der Waals surface area (Å²) < 4.78 is 5.42. The van der Waals surface area contributed by atoms with E-state index in [0.29, 0.717) is 25.2 Å². The lowest BCUT2D eigenvalue weighted by Gasteiger charge is -2.38. The summed E-state index contributed by atoms with van der Waals surface area (Å²) in [7, 11) is 1.75. The Hall–Kier alpha value is -0.880. The monoisotopic (exact) mass is 301 g/mol. The van der Waals surface area contributed by atoms with Gasteiger partial charge in [0.15, 0.2) is 0 Å². The molecule has 5 nitrogen and oxygen atoms in total. The second-order valence-corrected chi connectivity index (χ2v) is 5.16. The van der Waals surface area contributed by atoms with Crippen LogP contribution in [0.2, 0.25) is 0 Å². The Labute approximate surface area is 126 Å². The van der Waals surface area contributed by atoms with Gasteiger partial charge in [-0.15, -0.1) is 12.4 Å². The van der Waals surface area contributed by atoms with Crippen molar-refractivity contribution in [3.8, 4) is 5.75 Å². The van der Waals surface area contributed by atoms with Crippen LogP contribution in [0.3, 0.4) is 0 Å². The first-order valence-corrected chi connectivity index (χ1v) is 6.76. The van der Waals surface area contributed by atoms with E-state index in [9.17, 15) is 5.11 Å². The van der Waals surface area contributed by atoms with Gasteiger partial charge in [-0.3, -0.25) is 9.88 Å². The van der Waals surface area contributed by atoms with Crippen LogP contribution in [0, 0.1) is 6.92 Å². The van der Waals surface area contributed by atoms with Crippen molar-refractivity contribution >= 4 is 12.4 Å². The van der Waals surface area contributed by atoms with Crippen molar-refractivity contribution in [3.05, 3.63) is 23.5 Å². The summed E-state index contributed by atoms with van der Waals surface area (Å²) in [5.41, 5.74) is 7.50. The number of hydrogen-bond donors (Lipinski definition) is 2. The van der Waals surface area contributed by atoms with E-state index < -0.39 is 0 Å². The molecule has 114 valence electrons. The number of nitrogens with zero attached hydrogens (tertiary/aromatic N) is 2. The van der Waals surface area contributed by atoms with Gasteiger partial charge in [0.2, 0.25) is 0 Å². The zero-order valence-electron chi connectivity index (χ0n) is 12.1. The average Bonchev–Trinajstić information content (AvgIpc) is 2.43. The maximum absolute atomic E-state index is 9.88. The fourth-order valence-electron chi connectivity index (χ4n) is 2.64. The van der Waals surface area contributed by atoms with Crippen molar-refractivity contribution in [1.82, 2.24) is 9.88 Å². The van der Waals surface area contributed by atoms with Crippen LogP contribution < -0.4 is 5.73 Å². The standard InChI is InChI=1S/C14H23N3O2.ClH/c1-10-3-4-14(18)13(16-10)9-17-6-5-12(19-2)7-11(17)8-15;/h3-4,11-12,18H,5-9,15H2,1-2H3;1H. The molecule has 0 radical (unpaired) electrons. The molecule has 2 rings (SSSR count). The Bertz CT molecular complexity index is 431. The van der Waals surface area contributed by atoms with Crippen molar-refractivity contribution in [2.75, 3.05) is 20.2 Å². The number of pyridine rings is 1. The smallest absolute Gasteiger partial charge is 0.138 e. The molecule has 0 amide bonds. The fourth-order valence-corrected chi connectivity index (χ4v) is 2.64. The van der Waals surface area contributed by atoms with E-state index in [1.807, 2.05) is 13.0 Å². The summed E-state index contributed by atoms with van der Waals surface area (Å²) in [6.07, 6.45) is 2.24. The van der Waals surface area contributed by atoms with Gasteiger partial charge in [0.25, 0.3) is 0 Å². The molecule has 1 saturated heterocycles. The lowest BCUT2D eigenvalue weighted by atomic mass is 9.99. The number of likely N-dealkylation sites (tertiary alicyclic amines) is 1. The molecule has 6 heteroatoms. The molecule has 1 aromatic heterocycles. The number of nitrogens with two attached hydrogens (primary N) is 1. The number of hydrogen-bond acceptors (Lipinski definition) is 5. The quantitative estimate of drug-likeness (QED) is 0.881. The zero-order valence-corrected chi connectivity index (χ0v) is 12.9. The van der Waals surface area contributed by atoms with Gasteiger partial charge in [0.1, 0.15) is 5.75 Å². The number of aromatic nitrogens is 1. The molecule has 2 heterocycles. The van der Waals surface area contributed by atoms with Crippen molar-refractivity contribution in [2.24, 2.45) is 5.73 Å². The van der Waals surface area contributed by atoms with Crippen LogP contribution in [0.5, 0.6) is 5.75 Å². The van der Waals surface area contributed by atoms with Gasteiger partial charge in [0.05, 0.1) is 11.8 Å². The molecule has 20 heavy (non-hydrogen) atoms. The van der Waals surface area contributed by atoms with Crippen LogP contribution in [0.25, 0.3) is 0 Å². The van der Waals surface area contributed by atoms with E-state index in [2.05, 4.69) is 9.88 Å². The molecule has 0 spiro atoms. The zero-order chi connectivity index (χ0) is 13.8. The maximum atomic E-state index is 9.88. The lowest BCUT2D eigenvalue weighted by molar-refractivity contribution is 0.00954. The predicted octanol–water partition coefficient (Wildman–Crippen LogP) is 1.46. The highest BCUT2D eigenvalue weighted by molar-refractivity contribution is 5.85. The highest BCUT2D eigenvalue weighted by atomic mass is 35.5. The summed E-state index contributed by atoms with van der Waals surface area (Å²) >= 11 is 0. The number of ether oxygens (including phenoxy) is 1. The van der Waals surface area contributed by atoms with E-state index >= 15 is 0 Å². The molecule has 1 aliphatic rings. The van der Waals surface area contributed by atoms with E-state index in [0.717, 1.165) is 30.8 Å². The van der Waals surface area contributed by atoms with E-state index in [-0.39, 0.29) is 18.2 Å². The highest BCUT2D eigenvalue weighted by Crippen LogP contribution is 2.23. The molecule has 2 atom stereocenters. The van der Waals surface area contributed by atoms with Crippen molar-refractivity contribution < 1.29 is 9.84 Å². The Morgan fingerprint density at radius 3 is 2.90 bits per heavy atom. The third kappa shape index (κ3) is 4.06. The van der Waals surface area contributed by atoms with Gasteiger partial charge in [-0.25, -0.2) is 0 Å². The van der Waals surface area contributed by atoms with E-state index in [1.54, 1.807) is 13.2 Å². The van der Waals surface area contributed by atoms with Crippen LogP contribution in [0.15, 0.2) is 12.1 Å². The first-order valence-electron chi connectivity index (χ1n) is 6.76. The van der Waals surface area contributed by atoms with Crippen LogP contribution in [-0.4, -0.2) is 47.3 Å². The summed E-state index contributed by atoms with van der Waals surface area (Å²) in [4.78, 5) is 6.70. The number of piperidine rings is 1. The summed E-state index contributed by atoms with van der Waals surface area (Å²) in [6.45, 7) is 4.11.